The van der Waals surface area contributed by atoms with Gasteiger partial charge in [-0.3, -0.25) is 0 Å². The third-order valence-corrected chi connectivity index (χ3v) is 4.11. The minimum Gasteiger partial charge on any atom is -0.399 e. The zero-order valence-corrected chi connectivity index (χ0v) is 11.8. The first-order valence-corrected chi connectivity index (χ1v) is 7.35. The molecule has 0 radical (unpaired) electrons. The van der Waals surface area contributed by atoms with Crippen molar-refractivity contribution in [1.29, 1.82) is 0 Å². The Bertz CT molecular complexity index is 658. The third-order valence-electron chi connectivity index (χ3n) is 3.02. The smallest absolute Gasteiger partial charge is 0.0991 e. The summed E-state index contributed by atoms with van der Waals surface area (Å²) in [7, 11) is 0. The number of nitrogens with two attached hydrogens (primary N) is 1. The van der Waals surface area contributed by atoms with Crippen molar-refractivity contribution in [3.05, 3.63) is 72.8 Å². The van der Waals surface area contributed by atoms with E-state index in [0.29, 0.717) is 0 Å². The molecule has 0 atom stereocenters. The van der Waals surface area contributed by atoms with Crippen LogP contribution in [0.1, 0.15) is 5.56 Å². The molecule has 100 valence electrons. The molecule has 0 bridgehead atoms. The van der Waals surface area contributed by atoms with Crippen molar-refractivity contribution in [3.8, 4) is 5.69 Å². The van der Waals surface area contributed by atoms with Crippen molar-refractivity contribution >= 4 is 17.4 Å². The molecule has 0 saturated heterocycles. The number of anilines is 1. The summed E-state index contributed by atoms with van der Waals surface area (Å²) in [5, 5.41) is 0. The summed E-state index contributed by atoms with van der Waals surface area (Å²) >= 11 is 1.81. The van der Waals surface area contributed by atoms with Gasteiger partial charge in [0.2, 0.25) is 0 Å². The fourth-order valence-corrected chi connectivity index (χ4v) is 2.76. The van der Waals surface area contributed by atoms with Crippen molar-refractivity contribution in [2.45, 2.75) is 10.6 Å². The average molecular weight is 281 g/mol. The normalized spacial score (nSPS) is 10.6. The molecule has 0 unspecified atom stereocenters. The summed E-state index contributed by atoms with van der Waals surface area (Å²) in [4.78, 5) is 5.29. The molecule has 3 aromatic rings. The maximum absolute atomic E-state index is 5.68. The largest absolute Gasteiger partial charge is 0.399 e. The predicted molar refractivity (Wildman–Crippen MR) is 84.0 cm³/mol. The Balaban J connectivity index is 1.65. The van der Waals surface area contributed by atoms with Crippen LogP contribution in [-0.2, 0) is 5.75 Å². The van der Waals surface area contributed by atoms with Gasteiger partial charge in [-0.05, 0) is 42.0 Å². The van der Waals surface area contributed by atoms with E-state index in [1.807, 2.05) is 34.7 Å². The summed E-state index contributed by atoms with van der Waals surface area (Å²) in [6.45, 7) is 0. The summed E-state index contributed by atoms with van der Waals surface area (Å²) in [6, 6.07) is 16.5. The van der Waals surface area contributed by atoms with E-state index in [9.17, 15) is 0 Å². The number of aromatic nitrogens is 2. The highest BCUT2D eigenvalue weighted by Gasteiger charge is 1.99. The van der Waals surface area contributed by atoms with E-state index in [4.69, 9.17) is 5.73 Å². The number of benzene rings is 2. The number of hydrogen-bond donors (Lipinski definition) is 1. The maximum atomic E-state index is 5.68. The lowest BCUT2D eigenvalue weighted by molar-refractivity contribution is 1.05. The van der Waals surface area contributed by atoms with E-state index in [1.54, 1.807) is 12.5 Å². The van der Waals surface area contributed by atoms with Crippen molar-refractivity contribution in [1.82, 2.24) is 9.55 Å². The lowest BCUT2D eigenvalue weighted by atomic mass is 10.2. The second-order valence-electron chi connectivity index (χ2n) is 4.49. The van der Waals surface area contributed by atoms with Crippen LogP contribution in [0.3, 0.4) is 0 Å². The molecule has 0 saturated carbocycles. The topological polar surface area (TPSA) is 43.8 Å². The predicted octanol–water partition coefficient (Wildman–Crippen LogP) is 3.75. The Hall–Kier alpha value is -2.20. The van der Waals surface area contributed by atoms with Crippen LogP contribution in [0.4, 0.5) is 5.69 Å². The fraction of sp³-hybridized carbons (Fsp3) is 0.0625. The van der Waals surface area contributed by atoms with Crippen molar-refractivity contribution in [2.75, 3.05) is 5.73 Å². The van der Waals surface area contributed by atoms with Crippen molar-refractivity contribution in [3.63, 3.8) is 0 Å². The molecule has 1 heterocycles. The van der Waals surface area contributed by atoms with E-state index < -0.39 is 0 Å². The molecule has 0 amide bonds. The molecule has 0 aliphatic carbocycles. The van der Waals surface area contributed by atoms with Crippen LogP contribution in [0.2, 0.25) is 0 Å². The highest BCUT2D eigenvalue weighted by atomic mass is 32.2. The minimum atomic E-state index is 0.805. The molecule has 0 spiro atoms. The van der Waals surface area contributed by atoms with Gasteiger partial charge in [0.25, 0.3) is 0 Å². The molecule has 2 aromatic carbocycles. The molecule has 3 rings (SSSR count). The maximum Gasteiger partial charge on any atom is 0.0991 e. The highest BCUT2D eigenvalue weighted by molar-refractivity contribution is 7.98. The standard InChI is InChI=1S/C16H15N3S/c17-14-3-7-16(8-4-14)20-11-13-1-5-15(6-2-13)19-10-9-18-12-19/h1-10,12H,11,17H2. The lowest BCUT2D eigenvalue weighted by Gasteiger charge is -2.05. The van der Waals surface area contributed by atoms with Gasteiger partial charge in [-0.2, -0.15) is 0 Å². The van der Waals surface area contributed by atoms with E-state index >= 15 is 0 Å². The van der Waals surface area contributed by atoms with Gasteiger partial charge >= 0.3 is 0 Å². The molecule has 20 heavy (non-hydrogen) atoms. The van der Waals surface area contributed by atoms with E-state index in [0.717, 1.165) is 17.1 Å². The SMILES string of the molecule is Nc1ccc(SCc2ccc(-n3ccnc3)cc2)cc1. The van der Waals surface area contributed by atoms with E-state index in [1.165, 1.54) is 10.5 Å². The molecule has 0 fully saturated rings. The van der Waals surface area contributed by atoms with Gasteiger partial charge in [0.1, 0.15) is 0 Å². The molecule has 3 nitrogen and oxygen atoms in total. The molecule has 2 N–H and O–H groups in total. The monoisotopic (exact) mass is 281 g/mol. The highest BCUT2D eigenvalue weighted by Crippen LogP contribution is 2.24. The van der Waals surface area contributed by atoms with Crippen LogP contribution in [0.25, 0.3) is 5.69 Å². The number of nitrogen functional groups attached to an aromatic ring is 1. The first-order valence-electron chi connectivity index (χ1n) is 6.37. The number of thioether (sulfide) groups is 1. The van der Waals surface area contributed by atoms with Gasteiger partial charge in [0.05, 0.1) is 6.33 Å². The van der Waals surface area contributed by atoms with Gasteiger partial charge < -0.3 is 10.3 Å². The van der Waals surface area contributed by atoms with E-state index in [2.05, 4.69) is 41.4 Å². The number of hydrogen-bond acceptors (Lipinski definition) is 3. The summed E-state index contributed by atoms with van der Waals surface area (Å²) in [5.74, 6) is 0.953. The molecule has 0 aliphatic heterocycles. The third kappa shape index (κ3) is 3.03. The Kier molecular flexibility index (Phi) is 3.74. The average Bonchev–Trinajstić information content (AvgIpc) is 3.01. The molecular formula is C16H15N3S. The van der Waals surface area contributed by atoms with Crippen molar-refractivity contribution < 1.29 is 0 Å². The van der Waals surface area contributed by atoms with Gasteiger partial charge in [-0.25, -0.2) is 4.98 Å². The fourth-order valence-electron chi connectivity index (χ4n) is 1.91. The molecule has 0 aliphatic rings. The number of rotatable bonds is 4. The zero-order chi connectivity index (χ0) is 13.8. The molecular weight excluding hydrogens is 266 g/mol. The van der Waals surface area contributed by atoms with Crippen LogP contribution in [0, 0.1) is 0 Å². The van der Waals surface area contributed by atoms with Gasteiger partial charge in [-0.1, -0.05) is 12.1 Å². The first-order chi connectivity index (χ1) is 9.81. The summed E-state index contributed by atoms with van der Waals surface area (Å²) in [5.41, 5.74) is 8.91. The summed E-state index contributed by atoms with van der Waals surface area (Å²) in [6.07, 6.45) is 5.53. The van der Waals surface area contributed by atoms with Crippen LogP contribution in [0.5, 0.6) is 0 Å². The Morgan fingerprint density at radius 1 is 1.00 bits per heavy atom. The Labute approximate surface area is 122 Å². The van der Waals surface area contributed by atoms with E-state index in [-0.39, 0.29) is 0 Å². The van der Waals surface area contributed by atoms with Crippen LogP contribution in [0.15, 0.2) is 72.1 Å². The molecule has 4 heteroatoms. The quantitative estimate of drug-likeness (QED) is 0.585. The number of nitrogens with zero attached hydrogens (tertiary/aromatic N) is 2. The lowest BCUT2D eigenvalue weighted by Crippen LogP contribution is -1.90. The van der Waals surface area contributed by atoms with Crippen LogP contribution in [-0.4, -0.2) is 9.55 Å². The first kappa shape index (κ1) is 12.8. The second-order valence-corrected chi connectivity index (χ2v) is 5.54. The van der Waals surface area contributed by atoms with Gasteiger partial charge in [0, 0.05) is 34.4 Å². The summed E-state index contributed by atoms with van der Waals surface area (Å²) < 4.78 is 2.00. The van der Waals surface area contributed by atoms with Crippen LogP contribution < -0.4 is 5.73 Å². The number of imidazole rings is 1. The second kappa shape index (κ2) is 5.84. The van der Waals surface area contributed by atoms with Crippen LogP contribution >= 0.6 is 11.8 Å². The Morgan fingerprint density at radius 2 is 1.75 bits per heavy atom. The Morgan fingerprint density at radius 3 is 2.40 bits per heavy atom. The zero-order valence-electron chi connectivity index (χ0n) is 10.9. The minimum absolute atomic E-state index is 0.805. The molecule has 1 aromatic heterocycles. The van der Waals surface area contributed by atoms with Gasteiger partial charge in [-0.15, -0.1) is 11.8 Å². The van der Waals surface area contributed by atoms with Gasteiger partial charge in [0.15, 0.2) is 0 Å². The van der Waals surface area contributed by atoms with Crippen molar-refractivity contribution in [2.24, 2.45) is 0 Å².